The van der Waals surface area contributed by atoms with Gasteiger partial charge in [0.25, 0.3) is 0 Å². The number of aryl methyl sites for hydroxylation is 2. The van der Waals surface area contributed by atoms with Crippen molar-refractivity contribution in [2.24, 2.45) is 0 Å². The van der Waals surface area contributed by atoms with Crippen LogP contribution in [-0.4, -0.2) is 11.5 Å². The first kappa shape index (κ1) is 10.4. The van der Waals surface area contributed by atoms with E-state index in [1.165, 1.54) is 34.6 Å². The number of rotatable bonds is 1. The lowest BCUT2D eigenvalue weighted by Gasteiger charge is -2.22. The number of thioether (sulfide) groups is 2. The second-order valence-corrected chi connectivity index (χ2v) is 6.51. The number of hydrogen-bond acceptors (Lipinski definition) is 2. The first-order chi connectivity index (χ1) is 6.77. The smallest absolute Gasteiger partial charge is 0.0753 e. The summed E-state index contributed by atoms with van der Waals surface area (Å²) in [6, 6.07) is 6.84. The van der Waals surface area contributed by atoms with Crippen molar-refractivity contribution in [3.8, 4) is 0 Å². The molecular weight excluding hydrogens is 208 g/mol. The molecule has 0 aliphatic carbocycles. The van der Waals surface area contributed by atoms with Crippen LogP contribution in [0.1, 0.15) is 27.7 Å². The predicted molar refractivity (Wildman–Crippen MR) is 68.2 cm³/mol. The summed E-state index contributed by atoms with van der Waals surface area (Å²) in [5.74, 6) is 2.65. The van der Waals surface area contributed by atoms with E-state index < -0.39 is 0 Å². The zero-order valence-corrected chi connectivity index (χ0v) is 10.4. The lowest BCUT2D eigenvalue weighted by Crippen LogP contribution is -2.01. The SMILES string of the molecule is Cc1ccc(C2SCCCS2)c(C)c1. The van der Waals surface area contributed by atoms with Gasteiger partial charge >= 0.3 is 0 Å². The average Bonchev–Trinajstić information content (AvgIpc) is 2.19. The minimum Gasteiger partial charge on any atom is -0.143 e. The van der Waals surface area contributed by atoms with Gasteiger partial charge in [0.2, 0.25) is 0 Å². The lowest BCUT2D eigenvalue weighted by atomic mass is 10.1. The van der Waals surface area contributed by atoms with Crippen LogP contribution >= 0.6 is 23.5 Å². The highest BCUT2D eigenvalue weighted by molar-refractivity contribution is 8.16. The Morgan fingerprint density at radius 2 is 1.86 bits per heavy atom. The van der Waals surface area contributed by atoms with Crippen molar-refractivity contribution in [2.75, 3.05) is 11.5 Å². The zero-order valence-electron chi connectivity index (χ0n) is 8.75. The van der Waals surface area contributed by atoms with Gasteiger partial charge in [-0.1, -0.05) is 23.8 Å². The quantitative estimate of drug-likeness (QED) is 0.702. The van der Waals surface area contributed by atoms with Gasteiger partial charge in [-0.05, 0) is 42.9 Å². The summed E-state index contributed by atoms with van der Waals surface area (Å²) in [4.78, 5) is 0. The third-order valence-electron chi connectivity index (χ3n) is 2.51. The van der Waals surface area contributed by atoms with E-state index in [1.54, 1.807) is 0 Å². The Morgan fingerprint density at radius 3 is 2.50 bits per heavy atom. The average molecular weight is 224 g/mol. The molecule has 0 amide bonds. The van der Waals surface area contributed by atoms with E-state index in [0.29, 0.717) is 4.58 Å². The Morgan fingerprint density at radius 1 is 1.14 bits per heavy atom. The van der Waals surface area contributed by atoms with Crippen LogP contribution in [0.4, 0.5) is 0 Å². The molecule has 0 bridgehead atoms. The first-order valence-corrected chi connectivity index (χ1v) is 7.17. The fraction of sp³-hybridized carbons (Fsp3) is 0.500. The van der Waals surface area contributed by atoms with Gasteiger partial charge in [-0.15, -0.1) is 23.5 Å². The molecule has 0 aromatic heterocycles. The normalized spacial score (nSPS) is 18.4. The monoisotopic (exact) mass is 224 g/mol. The zero-order chi connectivity index (χ0) is 9.97. The summed E-state index contributed by atoms with van der Waals surface area (Å²) >= 11 is 4.20. The third kappa shape index (κ3) is 2.29. The third-order valence-corrected chi connectivity index (χ3v) is 5.48. The molecule has 1 aromatic carbocycles. The van der Waals surface area contributed by atoms with Gasteiger partial charge in [0.15, 0.2) is 0 Å². The van der Waals surface area contributed by atoms with Crippen LogP contribution in [0.3, 0.4) is 0 Å². The van der Waals surface area contributed by atoms with Gasteiger partial charge in [0, 0.05) is 0 Å². The van der Waals surface area contributed by atoms with Crippen LogP contribution in [0.5, 0.6) is 0 Å². The largest absolute Gasteiger partial charge is 0.143 e. The molecule has 0 spiro atoms. The fourth-order valence-corrected chi connectivity index (χ4v) is 4.84. The molecule has 0 N–H and O–H groups in total. The van der Waals surface area contributed by atoms with E-state index in [-0.39, 0.29) is 0 Å². The van der Waals surface area contributed by atoms with Crippen LogP contribution in [0.25, 0.3) is 0 Å². The maximum atomic E-state index is 2.31. The summed E-state index contributed by atoms with van der Waals surface area (Å²) in [7, 11) is 0. The van der Waals surface area contributed by atoms with Crippen molar-refractivity contribution in [1.29, 1.82) is 0 Å². The highest BCUT2D eigenvalue weighted by atomic mass is 32.2. The minimum atomic E-state index is 0.685. The van der Waals surface area contributed by atoms with Crippen LogP contribution in [0, 0.1) is 13.8 Å². The van der Waals surface area contributed by atoms with Crippen LogP contribution in [-0.2, 0) is 0 Å². The van der Waals surface area contributed by atoms with Crippen molar-refractivity contribution < 1.29 is 0 Å². The second kappa shape index (κ2) is 4.63. The van der Waals surface area contributed by atoms with Crippen molar-refractivity contribution in [3.63, 3.8) is 0 Å². The molecule has 2 rings (SSSR count). The number of hydrogen-bond donors (Lipinski definition) is 0. The van der Waals surface area contributed by atoms with Crippen molar-refractivity contribution in [2.45, 2.75) is 24.9 Å². The Balaban J connectivity index is 2.22. The molecular formula is C12H16S2. The molecule has 0 saturated carbocycles. The van der Waals surface area contributed by atoms with E-state index >= 15 is 0 Å². The van der Waals surface area contributed by atoms with Gasteiger partial charge in [0.05, 0.1) is 4.58 Å². The fourth-order valence-electron chi connectivity index (χ4n) is 1.76. The molecule has 1 aromatic rings. The van der Waals surface area contributed by atoms with E-state index in [9.17, 15) is 0 Å². The van der Waals surface area contributed by atoms with Gasteiger partial charge < -0.3 is 0 Å². The second-order valence-electron chi connectivity index (χ2n) is 3.79. The molecule has 0 atom stereocenters. The maximum Gasteiger partial charge on any atom is 0.0753 e. The molecule has 1 aliphatic rings. The summed E-state index contributed by atoms with van der Waals surface area (Å²) in [5.41, 5.74) is 4.36. The topological polar surface area (TPSA) is 0 Å². The highest BCUT2D eigenvalue weighted by Crippen LogP contribution is 2.44. The van der Waals surface area contributed by atoms with Crippen LogP contribution in [0.15, 0.2) is 18.2 Å². The van der Waals surface area contributed by atoms with Gasteiger partial charge in [0.1, 0.15) is 0 Å². The van der Waals surface area contributed by atoms with E-state index in [4.69, 9.17) is 0 Å². The van der Waals surface area contributed by atoms with Crippen LogP contribution in [0.2, 0.25) is 0 Å². The van der Waals surface area contributed by atoms with Crippen molar-refractivity contribution in [3.05, 3.63) is 34.9 Å². The van der Waals surface area contributed by atoms with E-state index in [1.807, 2.05) is 0 Å². The Bertz CT molecular complexity index is 314. The Kier molecular flexibility index (Phi) is 3.45. The molecule has 0 unspecified atom stereocenters. The standard InChI is InChI=1S/C12H16S2/c1-9-4-5-11(10(2)8-9)12-13-6-3-7-14-12/h4-5,8,12H,3,6-7H2,1-2H3. The molecule has 1 saturated heterocycles. The van der Waals surface area contributed by atoms with Gasteiger partial charge in [-0.2, -0.15) is 0 Å². The molecule has 1 fully saturated rings. The number of benzene rings is 1. The van der Waals surface area contributed by atoms with E-state index in [2.05, 4.69) is 55.6 Å². The Labute approximate surface area is 94.9 Å². The lowest BCUT2D eigenvalue weighted by molar-refractivity contribution is 1.09. The summed E-state index contributed by atoms with van der Waals surface area (Å²) in [5, 5.41) is 0. The van der Waals surface area contributed by atoms with Crippen molar-refractivity contribution >= 4 is 23.5 Å². The molecule has 0 radical (unpaired) electrons. The Hall–Kier alpha value is -0.0800. The summed E-state index contributed by atoms with van der Waals surface area (Å²) in [6.45, 7) is 4.40. The highest BCUT2D eigenvalue weighted by Gasteiger charge is 2.17. The summed E-state index contributed by atoms with van der Waals surface area (Å²) < 4.78 is 0.685. The van der Waals surface area contributed by atoms with E-state index in [0.717, 1.165) is 0 Å². The first-order valence-electron chi connectivity index (χ1n) is 5.08. The minimum absolute atomic E-state index is 0.685. The molecule has 2 heteroatoms. The predicted octanol–water partition coefficient (Wildman–Crippen LogP) is 4.17. The van der Waals surface area contributed by atoms with Crippen LogP contribution < -0.4 is 0 Å². The molecule has 0 nitrogen and oxygen atoms in total. The summed E-state index contributed by atoms with van der Waals surface area (Å²) in [6.07, 6.45) is 1.37. The van der Waals surface area contributed by atoms with Crippen molar-refractivity contribution in [1.82, 2.24) is 0 Å². The van der Waals surface area contributed by atoms with Gasteiger partial charge in [-0.3, -0.25) is 0 Å². The maximum absolute atomic E-state index is 2.31. The van der Waals surface area contributed by atoms with Gasteiger partial charge in [-0.25, -0.2) is 0 Å². The molecule has 14 heavy (non-hydrogen) atoms. The molecule has 76 valence electrons. The molecule has 1 heterocycles. The molecule has 1 aliphatic heterocycles.